The topological polar surface area (TPSA) is 110 Å². The Morgan fingerprint density at radius 2 is 1.45 bits per heavy atom. The van der Waals surface area contributed by atoms with E-state index in [4.69, 9.17) is 4.74 Å². The van der Waals surface area contributed by atoms with Crippen molar-refractivity contribution in [2.45, 2.75) is 19.8 Å². The summed E-state index contributed by atoms with van der Waals surface area (Å²) < 4.78 is 5.97. The van der Waals surface area contributed by atoms with Crippen molar-refractivity contribution < 1.29 is 28.7 Å². The molecule has 0 spiro atoms. The fourth-order valence-electron chi connectivity index (χ4n) is 4.88. The molecule has 1 saturated heterocycles. The second kappa shape index (κ2) is 11.4. The third-order valence-corrected chi connectivity index (χ3v) is 7.62. The van der Waals surface area contributed by atoms with Crippen LogP contribution in [0.2, 0.25) is 0 Å². The van der Waals surface area contributed by atoms with Crippen molar-refractivity contribution in [2.75, 3.05) is 16.8 Å². The number of benzene rings is 3. The van der Waals surface area contributed by atoms with E-state index in [1.54, 1.807) is 60.7 Å². The smallest absolute Gasteiger partial charge is 0.338 e. The maximum Gasteiger partial charge on any atom is 0.338 e. The van der Waals surface area contributed by atoms with Crippen LogP contribution in [0, 0.1) is 11.8 Å². The number of hydrogen-bond donors (Lipinski definition) is 1. The van der Waals surface area contributed by atoms with Crippen molar-refractivity contribution in [2.24, 2.45) is 11.8 Å². The number of hydrogen-bond acceptors (Lipinski definition) is 6. The van der Waals surface area contributed by atoms with Crippen molar-refractivity contribution in [1.82, 2.24) is 0 Å². The van der Waals surface area contributed by atoms with Crippen LogP contribution in [0.1, 0.15) is 50.8 Å². The number of rotatable bonds is 7. The van der Waals surface area contributed by atoms with Crippen LogP contribution in [-0.2, 0) is 14.3 Å². The summed E-state index contributed by atoms with van der Waals surface area (Å²) in [5.41, 5.74) is 3.03. The highest BCUT2D eigenvalue weighted by Crippen LogP contribution is 2.39. The number of anilines is 2. The molecular formula is C31H25BrN2O6. The number of fused-ring (bicyclic) bond motifs is 1. The highest BCUT2D eigenvalue weighted by Gasteiger charge is 2.48. The predicted molar refractivity (Wildman–Crippen MR) is 152 cm³/mol. The predicted octanol–water partition coefficient (Wildman–Crippen LogP) is 5.59. The summed E-state index contributed by atoms with van der Waals surface area (Å²) in [5.74, 6) is -2.42. The second-order valence-electron chi connectivity index (χ2n) is 9.80. The normalized spacial score (nSPS) is 18.1. The summed E-state index contributed by atoms with van der Waals surface area (Å²) in [4.78, 5) is 64.4. The van der Waals surface area contributed by atoms with E-state index in [9.17, 15) is 24.0 Å². The Morgan fingerprint density at radius 3 is 2.12 bits per heavy atom. The van der Waals surface area contributed by atoms with E-state index < -0.39 is 11.9 Å². The van der Waals surface area contributed by atoms with Gasteiger partial charge in [0.1, 0.15) is 0 Å². The minimum atomic E-state index is -0.657. The highest BCUT2D eigenvalue weighted by atomic mass is 79.9. The molecule has 1 aliphatic heterocycles. The Kier molecular flexibility index (Phi) is 7.75. The van der Waals surface area contributed by atoms with Crippen LogP contribution in [0.4, 0.5) is 11.4 Å². The molecule has 40 heavy (non-hydrogen) atoms. The molecule has 1 heterocycles. The van der Waals surface area contributed by atoms with Gasteiger partial charge in [0.15, 0.2) is 12.4 Å². The van der Waals surface area contributed by atoms with Crippen LogP contribution < -0.4 is 10.2 Å². The molecule has 8 nitrogen and oxygen atoms in total. The van der Waals surface area contributed by atoms with Crippen LogP contribution in [0.5, 0.6) is 0 Å². The maximum atomic E-state index is 12.9. The zero-order valence-electron chi connectivity index (χ0n) is 21.6. The number of amides is 3. The molecular weight excluding hydrogens is 576 g/mol. The van der Waals surface area contributed by atoms with E-state index >= 15 is 0 Å². The number of Topliss-reactive ketones (excluding diaryl/α,β-unsaturated/α-hetero) is 1. The minimum absolute atomic E-state index is 0.198. The lowest BCUT2D eigenvalue weighted by molar-refractivity contribution is -0.122. The quantitative estimate of drug-likeness (QED) is 0.164. The molecule has 3 amide bonds. The molecule has 0 aromatic heterocycles. The summed E-state index contributed by atoms with van der Waals surface area (Å²) in [6, 6.07) is 19.1. The van der Waals surface area contributed by atoms with Gasteiger partial charge in [0.25, 0.3) is 5.91 Å². The number of carbonyl (C=O) groups excluding carboxylic acids is 5. The van der Waals surface area contributed by atoms with Gasteiger partial charge in [-0.15, -0.1) is 0 Å². The van der Waals surface area contributed by atoms with Crippen molar-refractivity contribution >= 4 is 56.8 Å². The fourth-order valence-corrected chi connectivity index (χ4v) is 5.14. The number of imide groups is 1. The standard InChI is InChI=1S/C31H25BrN2O6/c1-18-2-15-25-26(16-18)30(38)34(29(25)37)24-13-7-20(8-14-24)28(36)33-23-11-5-21(6-12-23)31(39)40-17-27(35)19-3-9-22(32)10-4-19/h2-14,25-26H,15-17H2,1H3,(H,33,36)/t25-,26-/m0/s1. The third-order valence-electron chi connectivity index (χ3n) is 7.09. The van der Waals surface area contributed by atoms with Crippen LogP contribution in [-0.4, -0.2) is 36.1 Å². The van der Waals surface area contributed by atoms with Crippen LogP contribution in [0.25, 0.3) is 0 Å². The van der Waals surface area contributed by atoms with Gasteiger partial charge in [-0.25, -0.2) is 4.79 Å². The summed E-state index contributed by atoms with van der Waals surface area (Å²) in [7, 11) is 0. The van der Waals surface area contributed by atoms with Gasteiger partial charge < -0.3 is 10.1 Å². The first-order valence-corrected chi connectivity index (χ1v) is 13.5. The van der Waals surface area contributed by atoms with Gasteiger partial charge in [-0.05, 0) is 80.4 Å². The Hall–Kier alpha value is -4.37. The first kappa shape index (κ1) is 27.2. The number of nitrogens with one attached hydrogen (secondary N) is 1. The van der Waals surface area contributed by atoms with E-state index in [0.29, 0.717) is 35.3 Å². The van der Waals surface area contributed by atoms with Gasteiger partial charge in [0.05, 0.1) is 23.1 Å². The summed E-state index contributed by atoms with van der Waals surface area (Å²) in [6.45, 7) is 1.58. The summed E-state index contributed by atoms with van der Waals surface area (Å²) in [6.07, 6.45) is 3.18. The molecule has 5 rings (SSSR count). The lowest BCUT2D eigenvalue weighted by Crippen LogP contribution is -2.30. The number of halogens is 1. The van der Waals surface area contributed by atoms with Gasteiger partial charge in [-0.3, -0.25) is 24.1 Å². The molecule has 2 atom stereocenters. The fraction of sp³-hybridized carbons (Fsp3) is 0.194. The zero-order valence-corrected chi connectivity index (χ0v) is 23.1. The van der Waals surface area contributed by atoms with Gasteiger partial charge >= 0.3 is 5.97 Å². The Morgan fingerprint density at radius 1 is 0.850 bits per heavy atom. The molecule has 0 radical (unpaired) electrons. The minimum Gasteiger partial charge on any atom is -0.454 e. The molecule has 2 aliphatic rings. The van der Waals surface area contributed by atoms with Crippen LogP contribution in [0.3, 0.4) is 0 Å². The third kappa shape index (κ3) is 5.65. The lowest BCUT2D eigenvalue weighted by Gasteiger charge is -2.18. The van der Waals surface area contributed by atoms with E-state index in [2.05, 4.69) is 21.2 Å². The average Bonchev–Trinajstić information content (AvgIpc) is 3.20. The van der Waals surface area contributed by atoms with Gasteiger partial charge in [0, 0.05) is 21.3 Å². The SMILES string of the molecule is CC1=CC[C@@H]2C(=O)N(c3ccc(C(=O)Nc4ccc(C(=O)OCC(=O)c5ccc(Br)cc5)cc4)cc3)C(=O)[C@H]2C1. The van der Waals surface area contributed by atoms with Crippen LogP contribution >= 0.6 is 15.9 Å². The molecule has 202 valence electrons. The van der Waals surface area contributed by atoms with E-state index in [1.807, 2.05) is 13.0 Å². The number of allylic oxidation sites excluding steroid dienone is 2. The molecule has 0 saturated carbocycles. The average molecular weight is 601 g/mol. The monoisotopic (exact) mass is 600 g/mol. The van der Waals surface area contributed by atoms with E-state index in [-0.39, 0.29) is 41.6 Å². The zero-order chi connectivity index (χ0) is 28.4. The maximum absolute atomic E-state index is 12.9. The van der Waals surface area contributed by atoms with Gasteiger partial charge in [0.2, 0.25) is 11.8 Å². The summed E-state index contributed by atoms with van der Waals surface area (Å²) in [5, 5.41) is 2.75. The second-order valence-corrected chi connectivity index (χ2v) is 10.7. The van der Waals surface area contributed by atoms with Gasteiger partial charge in [-0.2, -0.15) is 0 Å². The van der Waals surface area contributed by atoms with Crippen molar-refractivity contribution in [3.8, 4) is 0 Å². The van der Waals surface area contributed by atoms with Gasteiger partial charge in [-0.1, -0.05) is 39.7 Å². The Balaban J connectivity index is 1.16. The number of ketones is 1. The highest BCUT2D eigenvalue weighted by molar-refractivity contribution is 9.10. The van der Waals surface area contributed by atoms with E-state index in [0.717, 1.165) is 10.0 Å². The number of esters is 1. The molecule has 3 aromatic carbocycles. The number of ether oxygens (including phenoxy) is 1. The van der Waals surface area contributed by atoms with Crippen molar-refractivity contribution in [3.05, 3.63) is 106 Å². The molecule has 9 heteroatoms. The van der Waals surface area contributed by atoms with Crippen molar-refractivity contribution in [3.63, 3.8) is 0 Å². The summed E-state index contributed by atoms with van der Waals surface area (Å²) >= 11 is 3.30. The molecule has 1 aliphatic carbocycles. The lowest BCUT2D eigenvalue weighted by atomic mass is 9.82. The largest absolute Gasteiger partial charge is 0.454 e. The van der Waals surface area contributed by atoms with Crippen LogP contribution in [0.15, 0.2) is 88.9 Å². The molecule has 3 aromatic rings. The molecule has 1 N–H and O–H groups in total. The number of nitrogens with zero attached hydrogens (tertiary/aromatic N) is 1. The first-order chi connectivity index (χ1) is 19.2. The van der Waals surface area contributed by atoms with Crippen molar-refractivity contribution in [1.29, 1.82) is 0 Å². The molecule has 0 unspecified atom stereocenters. The number of carbonyl (C=O) groups is 5. The first-order valence-electron chi connectivity index (χ1n) is 12.7. The molecule has 1 fully saturated rings. The Labute approximate surface area is 239 Å². The van der Waals surface area contributed by atoms with E-state index in [1.165, 1.54) is 17.0 Å². The Bertz CT molecular complexity index is 1530. The molecule has 0 bridgehead atoms.